The third kappa shape index (κ3) is 14.3. The van der Waals surface area contributed by atoms with Crippen LogP contribution in [0.1, 0.15) is 96.9 Å². The minimum Gasteiger partial charge on any atom is -0.444 e. The van der Waals surface area contributed by atoms with Gasteiger partial charge in [0.05, 0.1) is 12.1 Å². The van der Waals surface area contributed by atoms with Crippen LogP contribution in [-0.2, 0) is 28.8 Å². The van der Waals surface area contributed by atoms with Crippen LogP contribution in [0.15, 0.2) is 109 Å². The van der Waals surface area contributed by atoms with E-state index in [1.54, 1.807) is 93.6 Å². The molecule has 0 aliphatic heterocycles. The summed E-state index contributed by atoms with van der Waals surface area (Å²) in [6.07, 6.45) is 1.26. The first kappa shape index (κ1) is 43.9. The van der Waals surface area contributed by atoms with Crippen molar-refractivity contribution in [3.8, 4) is 0 Å². The van der Waals surface area contributed by atoms with Gasteiger partial charge in [-0.25, -0.2) is 9.59 Å². The number of nitrogens with two attached hydrogens (primary N) is 1. The molecule has 4 rings (SSSR count). The minimum atomic E-state index is -1.13. The lowest BCUT2D eigenvalue weighted by atomic mass is 9.96. The number of imide groups is 1. The van der Waals surface area contributed by atoms with Gasteiger partial charge in [-0.05, 0) is 87.6 Å². The molecule has 0 aromatic heterocycles. The lowest BCUT2D eigenvalue weighted by molar-refractivity contribution is -0.119. The first-order valence-electron chi connectivity index (χ1n) is 19.5. The predicted molar refractivity (Wildman–Crippen MR) is 221 cm³/mol. The molecule has 5 N–H and O–H groups in total. The Labute approximate surface area is 336 Å². The number of urea groups is 1. The Bertz CT molecular complexity index is 1930. The van der Waals surface area contributed by atoms with Gasteiger partial charge in [0.15, 0.2) is 5.78 Å². The Morgan fingerprint density at radius 3 is 1.81 bits per heavy atom. The summed E-state index contributed by atoms with van der Waals surface area (Å²) in [6, 6.07) is 29.7. The molecule has 0 bridgehead atoms. The molecule has 0 saturated heterocycles. The van der Waals surface area contributed by atoms with E-state index in [1.807, 2.05) is 50.2 Å². The molecule has 0 aliphatic carbocycles. The van der Waals surface area contributed by atoms with Crippen LogP contribution >= 0.6 is 0 Å². The zero-order valence-corrected chi connectivity index (χ0v) is 33.6. The number of carbonyl (C=O) groups is 5. The van der Waals surface area contributed by atoms with Crippen LogP contribution in [0.4, 0.5) is 9.59 Å². The number of nitrogens with zero attached hydrogens (tertiary/aromatic N) is 1. The molecule has 0 saturated carbocycles. The van der Waals surface area contributed by atoms with Gasteiger partial charge in [-0.1, -0.05) is 111 Å². The van der Waals surface area contributed by atoms with Gasteiger partial charge >= 0.3 is 12.1 Å². The summed E-state index contributed by atoms with van der Waals surface area (Å²) >= 11 is 0. The molecular weight excluding hydrogens is 721 g/mol. The van der Waals surface area contributed by atoms with Crippen molar-refractivity contribution in [1.29, 1.82) is 0 Å². The maximum absolute atomic E-state index is 13.9. The third-order valence-electron chi connectivity index (χ3n) is 9.38. The van der Waals surface area contributed by atoms with Gasteiger partial charge in [-0.15, -0.1) is 0 Å². The second kappa shape index (κ2) is 20.9. The molecule has 0 aliphatic rings. The van der Waals surface area contributed by atoms with Gasteiger partial charge in [-0.2, -0.15) is 0 Å². The van der Waals surface area contributed by atoms with E-state index in [-0.39, 0.29) is 36.7 Å². The zero-order valence-electron chi connectivity index (χ0n) is 33.6. The van der Waals surface area contributed by atoms with Crippen LogP contribution in [0.2, 0.25) is 0 Å². The van der Waals surface area contributed by atoms with Crippen molar-refractivity contribution in [3.63, 3.8) is 0 Å². The highest BCUT2D eigenvalue weighted by Crippen LogP contribution is 2.18. The molecule has 0 radical (unpaired) electrons. The molecular formula is C46H56N4O7. The van der Waals surface area contributed by atoms with Crippen molar-refractivity contribution in [3.05, 3.63) is 143 Å². The van der Waals surface area contributed by atoms with Crippen LogP contribution in [0.3, 0.4) is 0 Å². The molecule has 0 spiro atoms. The molecule has 4 aromatic carbocycles. The highest BCUT2D eigenvalue weighted by atomic mass is 16.6. The van der Waals surface area contributed by atoms with Gasteiger partial charge in [0, 0.05) is 29.7 Å². The van der Waals surface area contributed by atoms with Gasteiger partial charge in [0.2, 0.25) is 5.91 Å². The van der Waals surface area contributed by atoms with E-state index in [0.717, 1.165) is 22.4 Å². The Kier molecular flexibility index (Phi) is 16.1. The van der Waals surface area contributed by atoms with Crippen molar-refractivity contribution in [2.75, 3.05) is 6.54 Å². The smallest absolute Gasteiger partial charge is 0.407 e. The highest BCUT2D eigenvalue weighted by Gasteiger charge is 2.29. The molecule has 11 nitrogen and oxygen atoms in total. The Hall–Kier alpha value is -5.81. The third-order valence-corrected chi connectivity index (χ3v) is 9.38. The first-order valence-corrected chi connectivity index (χ1v) is 19.5. The number of aryl methyl sites for hydroxylation is 1. The standard InChI is InChI=1S/C46H56N4O7/c1-31(2)27-28-50(44(55)48-39(42(47)53)30-34-19-23-36(24-20-34)41(52)35-16-10-7-11-17-35)43(54)37-25-21-33(22-26-37)29-38(49-45(56)57-46(3,4)5)40(51)18-12-15-32-13-8-6-9-14-32/h6-11,13-14,16-17,19-26,31,38-40,51H,12,15,18,27-30H2,1-5H3,(H2,47,53)(H,48,55)(H,49,56)/t38?,39-,40+/m0/s1. The summed E-state index contributed by atoms with van der Waals surface area (Å²) in [7, 11) is 0. The second-order valence-electron chi connectivity index (χ2n) is 15.7. The maximum Gasteiger partial charge on any atom is 0.407 e. The summed E-state index contributed by atoms with van der Waals surface area (Å²) in [5.41, 5.74) is 8.84. The number of aliphatic hydroxyl groups excluding tert-OH is 1. The number of rotatable bonds is 18. The van der Waals surface area contributed by atoms with E-state index in [0.29, 0.717) is 36.0 Å². The van der Waals surface area contributed by atoms with Gasteiger partial charge < -0.3 is 26.2 Å². The fourth-order valence-electron chi connectivity index (χ4n) is 6.21. The van der Waals surface area contributed by atoms with Crippen LogP contribution in [0.5, 0.6) is 0 Å². The molecule has 5 amide bonds. The highest BCUT2D eigenvalue weighted by molar-refractivity contribution is 6.09. The van der Waals surface area contributed by atoms with Crippen LogP contribution < -0.4 is 16.4 Å². The van der Waals surface area contributed by atoms with Gasteiger partial charge in [0.25, 0.3) is 5.91 Å². The fourth-order valence-corrected chi connectivity index (χ4v) is 6.21. The summed E-state index contributed by atoms with van der Waals surface area (Å²) < 4.78 is 5.48. The molecule has 3 atom stereocenters. The number of primary amides is 1. The lowest BCUT2D eigenvalue weighted by Gasteiger charge is -2.27. The number of ether oxygens (including phenoxy) is 1. The molecule has 1 unspecified atom stereocenters. The summed E-state index contributed by atoms with van der Waals surface area (Å²) in [6.45, 7) is 9.35. The van der Waals surface area contributed by atoms with Crippen molar-refractivity contribution in [1.82, 2.24) is 15.5 Å². The molecule has 0 heterocycles. The van der Waals surface area contributed by atoms with E-state index in [9.17, 15) is 29.1 Å². The van der Waals surface area contributed by atoms with E-state index < -0.39 is 47.7 Å². The zero-order chi connectivity index (χ0) is 41.5. The predicted octanol–water partition coefficient (Wildman–Crippen LogP) is 7.03. The Morgan fingerprint density at radius 2 is 1.25 bits per heavy atom. The SMILES string of the molecule is CC(C)CCN(C(=O)N[C@@H](Cc1ccc(C(=O)c2ccccc2)cc1)C(N)=O)C(=O)c1ccc(CC(NC(=O)OC(C)(C)C)[C@H](O)CCCc2ccccc2)cc1. The Morgan fingerprint density at radius 1 is 0.702 bits per heavy atom. The monoisotopic (exact) mass is 776 g/mol. The number of nitrogens with one attached hydrogen (secondary N) is 2. The Balaban J connectivity index is 1.45. The van der Waals surface area contributed by atoms with Crippen LogP contribution in [-0.4, -0.2) is 70.1 Å². The number of benzene rings is 4. The van der Waals surface area contributed by atoms with Crippen molar-refractivity contribution < 1.29 is 33.8 Å². The number of carbonyl (C=O) groups excluding carboxylic acids is 5. The van der Waals surface area contributed by atoms with E-state index in [4.69, 9.17) is 10.5 Å². The molecule has 4 aromatic rings. The van der Waals surface area contributed by atoms with Gasteiger partial charge in [0.1, 0.15) is 11.6 Å². The van der Waals surface area contributed by atoms with E-state index >= 15 is 0 Å². The number of hydrogen-bond acceptors (Lipinski definition) is 7. The van der Waals surface area contributed by atoms with Crippen molar-refractivity contribution in [2.45, 2.75) is 96.9 Å². The average Bonchev–Trinajstić information content (AvgIpc) is 3.17. The quantitative estimate of drug-likeness (QED) is 0.0787. The second-order valence-corrected chi connectivity index (χ2v) is 15.7. The number of hydrogen-bond donors (Lipinski definition) is 4. The molecule has 11 heteroatoms. The maximum atomic E-state index is 13.9. The summed E-state index contributed by atoms with van der Waals surface area (Å²) in [5.74, 6) is -1.30. The summed E-state index contributed by atoms with van der Waals surface area (Å²) in [4.78, 5) is 66.9. The number of amides is 5. The minimum absolute atomic E-state index is 0.0540. The lowest BCUT2D eigenvalue weighted by Crippen LogP contribution is -2.52. The topological polar surface area (TPSA) is 168 Å². The largest absolute Gasteiger partial charge is 0.444 e. The molecule has 57 heavy (non-hydrogen) atoms. The molecule has 0 fully saturated rings. The number of ketones is 1. The first-order chi connectivity index (χ1) is 27.1. The molecule has 302 valence electrons. The average molecular weight is 777 g/mol. The fraction of sp³-hybridized carbons (Fsp3) is 0.370. The van der Waals surface area contributed by atoms with E-state index in [2.05, 4.69) is 10.6 Å². The van der Waals surface area contributed by atoms with Crippen molar-refractivity contribution in [2.24, 2.45) is 11.7 Å². The van der Waals surface area contributed by atoms with Crippen LogP contribution in [0.25, 0.3) is 0 Å². The number of aliphatic hydroxyl groups is 1. The van der Waals surface area contributed by atoms with Crippen molar-refractivity contribution >= 4 is 29.7 Å². The summed E-state index contributed by atoms with van der Waals surface area (Å²) in [5, 5.41) is 16.7. The van der Waals surface area contributed by atoms with Crippen LogP contribution in [0, 0.1) is 5.92 Å². The van der Waals surface area contributed by atoms with E-state index in [1.165, 1.54) is 0 Å². The number of alkyl carbamates (subject to hydrolysis) is 1. The van der Waals surface area contributed by atoms with Gasteiger partial charge in [-0.3, -0.25) is 19.3 Å². The normalized spacial score (nSPS) is 12.9.